The number of carboxylic acid groups (broad SMARTS) is 1. The highest BCUT2D eigenvalue weighted by Gasteiger charge is 2.28. The minimum atomic E-state index is -1.05. The lowest BCUT2D eigenvalue weighted by molar-refractivity contribution is 0.0655. The molecule has 1 amide bonds. The van der Waals surface area contributed by atoms with Gasteiger partial charge >= 0.3 is 5.97 Å². The lowest BCUT2D eigenvalue weighted by Gasteiger charge is -2.35. The Morgan fingerprint density at radius 3 is 2.72 bits per heavy atom. The molecule has 1 unspecified atom stereocenters. The molecule has 0 spiro atoms. The summed E-state index contributed by atoms with van der Waals surface area (Å²) in [7, 11) is 0. The quantitative estimate of drug-likeness (QED) is 0.909. The lowest BCUT2D eigenvalue weighted by Crippen LogP contribution is -2.44. The van der Waals surface area contributed by atoms with Crippen molar-refractivity contribution in [3.63, 3.8) is 0 Å². The number of amides is 1. The molecule has 0 saturated carbocycles. The average molecular weight is 338 g/mol. The highest BCUT2D eigenvalue weighted by atomic mass is 16.4. The van der Waals surface area contributed by atoms with Crippen molar-refractivity contribution in [2.45, 2.75) is 38.6 Å². The molecule has 1 heterocycles. The van der Waals surface area contributed by atoms with Gasteiger partial charge in [0.2, 0.25) is 0 Å². The molecular formula is C20H22N2O3. The van der Waals surface area contributed by atoms with Crippen LogP contribution in [0.1, 0.15) is 51.7 Å². The molecule has 1 aromatic heterocycles. The first-order chi connectivity index (χ1) is 12.1. The van der Waals surface area contributed by atoms with E-state index in [-0.39, 0.29) is 23.2 Å². The van der Waals surface area contributed by atoms with E-state index in [1.807, 2.05) is 17.9 Å². The number of fused-ring (bicyclic) bond motifs is 1. The zero-order chi connectivity index (χ0) is 17.8. The van der Waals surface area contributed by atoms with Crippen molar-refractivity contribution in [1.29, 1.82) is 0 Å². The largest absolute Gasteiger partial charge is 0.478 e. The number of carbonyl (C=O) groups is 2. The van der Waals surface area contributed by atoms with E-state index in [9.17, 15) is 9.59 Å². The maximum absolute atomic E-state index is 13.0. The zero-order valence-electron chi connectivity index (χ0n) is 14.3. The molecule has 0 fully saturated rings. The summed E-state index contributed by atoms with van der Waals surface area (Å²) in [5.74, 6) is -1.24. The van der Waals surface area contributed by atoms with E-state index < -0.39 is 5.97 Å². The van der Waals surface area contributed by atoms with Crippen molar-refractivity contribution in [1.82, 2.24) is 9.88 Å². The van der Waals surface area contributed by atoms with Crippen LogP contribution < -0.4 is 0 Å². The Bertz CT molecular complexity index is 788. The van der Waals surface area contributed by atoms with Crippen molar-refractivity contribution in [2.24, 2.45) is 0 Å². The summed E-state index contributed by atoms with van der Waals surface area (Å²) in [5.41, 5.74) is 2.93. The highest BCUT2D eigenvalue weighted by molar-refractivity contribution is 5.96. The van der Waals surface area contributed by atoms with Crippen LogP contribution in [0.2, 0.25) is 0 Å². The smallest absolute Gasteiger partial charge is 0.335 e. The summed E-state index contributed by atoms with van der Waals surface area (Å²) < 4.78 is 0. The van der Waals surface area contributed by atoms with Crippen LogP contribution >= 0.6 is 0 Å². The number of pyridine rings is 1. The first-order valence-electron chi connectivity index (χ1n) is 8.67. The number of aryl methyl sites for hydroxylation is 1. The number of nitrogens with zero attached hydrogens (tertiary/aromatic N) is 2. The van der Waals surface area contributed by atoms with Gasteiger partial charge in [0, 0.05) is 18.8 Å². The van der Waals surface area contributed by atoms with Gasteiger partial charge in [-0.3, -0.25) is 9.78 Å². The Labute approximate surface area is 147 Å². The van der Waals surface area contributed by atoms with E-state index in [2.05, 4.69) is 23.2 Å². The SMILES string of the molecule is CCCN(C(=O)c1cc(C(=O)O)ccn1)C1CCc2ccccc2C1. The Hall–Kier alpha value is -2.69. The second-order valence-electron chi connectivity index (χ2n) is 6.40. The molecule has 1 aromatic carbocycles. The van der Waals surface area contributed by atoms with Gasteiger partial charge in [-0.1, -0.05) is 31.2 Å². The molecule has 1 atom stereocenters. The Balaban J connectivity index is 1.85. The Kier molecular flexibility index (Phi) is 5.12. The number of aromatic nitrogens is 1. The third-order valence-electron chi connectivity index (χ3n) is 4.71. The second-order valence-corrected chi connectivity index (χ2v) is 6.40. The Morgan fingerprint density at radius 1 is 1.24 bits per heavy atom. The molecule has 2 aromatic rings. The van der Waals surface area contributed by atoms with Crippen molar-refractivity contribution < 1.29 is 14.7 Å². The van der Waals surface area contributed by atoms with Gasteiger partial charge in [0.05, 0.1) is 5.56 Å². The second kappa shape index (κ2) is 7.47. The van der Waals surface area contributed by atoms with E-state index in [1.54, 1.807) is 0 Å². The molecule has 25 heavy (non-hydrogen) atoms. The molecule has 130 valence electrons. The first-order valence-corrected chi connectivity index (χ1v) is 8.67. The van der Waals surface area contributed by atoms with Crippen LogP contribution in [-0.2, 0) is 12.8 Å². The fourth-order valence-corrected chi connectivity index (χ4v) is 3.46. The molecule has 1 aliphatic rings. The van der Waals surface area contributed by atoms with E-state index in [0.29, 0.717) is 6.54 Å². The van der Waals surface area contributed by atoms with Crippen LogP contribution in [0.3, 0.4) is 0 Å². The van der Waals surface area contributed by atoms with Gasteiger partial charge in [-0.05, 0) is 48.9 Å². The van der Waals surface area contributed by atoms with E-state index in [4.69, 9.17) is 5.11 Å². The van der Waals surface area contributed by atoms with Crippen LogP contribution in [0.25, 0.3) is 0 Å². The normalized spacial score (nSPS) is 16.1. The van der Waals surface area contributed by atoms with E-state index in [0.717, 1.165) is 25.7 Å². The molecule has 0 aliphatic heterocycles. The average Bonchev–Trinajstić information content (AvgIpc) is 2.65. The van der Waals surface area contributed by atoms with Crippen LogP contribution in [0, 0.1) is 0 Å². The summed E-state index contributed by atoms with van der Waals surface area (Å²) in [5, 5.41) is 9.14. The number of rotatable bonds is 5. The molecule has 5 heteroatoms. The monoisotopic (exact) mass is 338 g/mol. The van der Waals surface area contributed by atoms with Crippen LogP contribution in [0.15, 0.2) is 42.6 Å². The van der Waals surface area contributed by atoms with Crippen molar-refractivity contribution in [3.05, 3.63) is 65.0 Å². The maximum Gasteiger partial charge on any atom is 0.335 e. The first kappa shape index (κ1) is 17.1. The van der Waals surface area contributed by atoms with E-state index >= 15 is 0 Å². The van der Waals surface area contributed by atoms with Crippen molar-refractivity contribution in [3.8, 4) is 0 Å². The highest BCUT2D eigenvalue weighted by Crippen LogP contribution is 2.25. The van der Waals surface area contributed by atoms with Gasteiger partial charge in [-0.15, -0.1) is 0 Å². The van der Waals surface area contributed by atoms with E-state index in [1.165, 1.54) is 29.5 Å². The molecule has 1 N–H and O–H groups in total. The van der Waals surface area contributed by atoms with Crippen LogP contribution in [0.4, 0.5) is 0 Å². The standard InChI is InChI=1S/C20H22N2O3/c1-2-11-22(17-8-7-14-5-3-4-6-15(14)12-17)19(23)18-13-16(20(24)25)9-10-21-18/h3-6,9-10,13,17H,2,7-8,11-12H2,1H3,(H,24,25). The molecule has 0 saturated heterocycles. The number of hydrogen-bond acceptors (Lipinski definition) is 3. The van der Waals surface area contributed by atoms with Gasteiger partial charge in [0.1, 0.15) is 5.69 Å². The minimum absolute atomic E-state index is 0.0868. The topological polar surface area (TPSA) is 70.5 Å². The molecule has 3 rings (SSSR count). The number of benzene rings is 1. The van der Waals surface area contributed by atoms with Gasteiger partial charge in [0.25, 0.3) is 5.91 Å². The molecule has 0 bridgehead atoms. The number of hydrogen-bond donors (Lipinski definition) is 1. The predicted molar refractivity (Wildman–Crippen MR) is 94.8 cm³/mol. The predicted octanol–water partition coefficient (Wildman–Crippen LogP) is 3.19. The zero-order valence-corrected chi connectivity index (χ0v) is 14.3. The van der Waals surface area contributed by atoms with Crippen molar-refractivity contribution >= 4 is 11.9 Å². The third-order valence-corrected chi connectivity index (χ3v) is 4.71. The molecule has 1 aliphatic carbocycles. The summed E-state index contributed by atoms with van der Waals surface area (Å²) in [6.45, 7) is 2.68. The lowest BCUT2D eigenvalue weighted by atomic mass is 9.87. The molecular weight excluding hydrogens is 316 g/mol. The summed E-state index contributed by atoms with van der Waals surface area (Å²) in [6, 6.07) is 11.2. The van der Waals surface area contributed by atoms with Gasteiger partial charge in [0.15, 0.2) is 0 Å². The fourth-order valence-electron chi connectivity index (χ4n) is 3.46. The van der Waals surface area contributed by atoms with Gasteiger partial charge in [-0.2, -0.15) is 0 Å². The van der Waals surface area contributed by atoms with Gasteiger partial charge < -0.3 is 10.0 Å². The number of carbonyl (C=O) groups excluding carboxylic acids is 1. The van der Waals surface area contributed by atoms with Gasteiger partial charge in [-0.25, -0.2) is 4.79 Å². The molecule has 0 radical (unpaired) electrons. The van der Waals surface area contributed by atoms with Crippen molar-refractivity contribution in [2.75, 3.05) is 6.54 Å². The number of carboxylic acids is 1. The van der Waals surface area contributed by atoms with Crippen LogP contribution in [-0.4, -0.2) is 39.5 Å². The summed E-state index contributed by atoms with van der Waals surface area (Å²) in [6.07, 6.45) is 4.94. The molecule has 5 nitrogen and oxygen atoms in total. The summed E-state index contributed by atoms with van der Waals surface area (Å²) >= 11 is 0. The number of aromatic carboxylic acids is 1. The maximum atomic E-state index is 13.0. The summed E-state index contributed by atoms with van der Waals surface area (Å²) in [4.78, 5) is 30.1. The van der Waals surface area contributed by atoms with Crippen LogP contribution in [0.5, 0.6) is 0 Å². The Morgan fingerprint density at radius 2 is 2.00 bits per heavy atom. The fraction of sp³-hybridized carbons (Fsp3) is 0.350. The minimum Gasteiger partial charge on any atom is -0.478 e. The third kappa shape index (κ3) is 3.71.